The first-order valence-electron chi connectivity index (χ1n) is 8.46. The van der Waals surface area contributed by atoms with Crippen LogP contribution in [0.15, 0.2) is 58.0 Å². The molecule has 138 valence electrons. The maximum atomic E-state index is 15.7. The Morgan fingerprint density at radius 2 is 1.56 bits per heavy atom. The molecule has 0 unspecified atom stereocenters. The van der Waals surface area contributed by atoms with E-state index in [9.17, 15) is 4.39 Å². The van der Waals surface area contributed by atoms with Crippen molar-refractivity contribution in [3.63, 3.8) is 0 Å². The van der Waals surface area contributed by atoms with E-state index in [0.717, 1.165) is 5.69 Å². The zero-order chi connectivity index (χ0) is 19.6. The zero-order valence-corrected chi connectivity index (χ0v) is 18.0. The van der Waals surface area contributed by atoms with Crippen LogP contribution in [0.1, 0.15) is 31.0 Å². The Morgan fingerprint density at radius 3 is 2.11 bits per heavy atom. The van der Waals surface area contributed by atoms with E-state index in [1.54, 1.807) is 18.2 Å². The molecule has 0 fully saturated rings. The molecule has 0 saturated heterocycles. The molecule has 0 radical (unpaired) electrons. The number of hydrogen-bond acceptors (Lipinski definition) is 1. The van der Waals surface area contributed by atoms with Gasteiger partial charge in [0.05, 0.1) is 9.09 Å². The van der Waals surface area contributed by atoms with Crippen molar-refractivity contribution in [2.45, 2.75) is 19.8 Å². The topological polar surface area (TPSA) is 12.9 Å². The van der Waals surface area contributed by atoms with Crippen LogP contribution in [0.5, 0.6) is 0 Å². The van der Waals surface area contributed by atoms with Gasteiger partial charge in [0.25, 0.3) is 0 Å². The molecule has 3 aromatic rings. The Balaban J connectivity index is 2.41. The van der Waals surface area contributed by atoms with Crippen molar-refractivity contribution < 1.29 is 8.78 Å². The van der Waals surface area contributed by atoms with Gasteiger partial charge >= 0.3 is 0 Å². The summed E-state index contributed by atoms with van der Waals surface area (Å²) in [5.41, 5.74) is 3.44. The van der Waals surface area contributed by atoms with Gasteiger partial charge in [-0.1, -0.05) is 56.3 Å². The highest BCUT2D eigenvalue weighted by Crippen LogP contribution is 2.38. The fourth-order valence-corrected chi connectivity index (χ4v) is 3.43. The molecule has 0 aliphatic rings. The quantitative estimate of drug-likeness (QED) is 0.360. The SMILES string of the molecule is CC(C)c1nc(-c2ccccc2)c(F)c(-c2ccc(F)cc2)c1C=C(Br)Br. The Labute approximate surface area is 174 Å². The minimum absolute atomic E-state index is 0.0675. The van der Waals surface area contributed by atoms with Crippen LogP contribution in [-0.4, -0.2) is 4.98 Å². The highest BCUT2D eigenvalue weighted by molar-refractivity contribution is 9.28. The van der Waals surface area contributed by atoms with Crippen LogP contribution in [-0.2, 0) is 0 Å². The fraction of sp³-hybridized carbons (Fsp3) is 0.136. The number of aromatic nitrogens is 1. The average Bonchev–Trinajstić information content (AvgIpc) is 2.63. The number of benzene rings is 2. The summed E-state index contributed by atoms with van der Waals surface area (Å²) in [6.07, 6.45) is 1.79. The van der Waals surface area contributed by atoms with E-state index in [1.807, 2.05) is 44.2 Å². The molecule has 0 amide bonds. The summed E-state index contributed by atoms with van der Waals surface area (Å²) in [5.74, 6) is -0.720. The molecule has 0 bridgehead atoms. The van der Waals surface area contributed by atoms with Crippen molar-refractivity contribution >= 4 is 37.9 Å². The van der Waals surface area contributed by atoms with Gasteiger partial charge in [-0.25, -0.2) is 13.8 Å². The number of halogens is 4. The molecule has 5 heteroatoms. The van der Waals surface area contributed by atoms with E-state index in [2.05, 4.69) is 36.8 Å². The lowest BCUT2D eigenvalue weighted by Gasteiger charge is -2.18. The first-order chi connectivity index (χ1) is 12.9. The van der Waals surface area contributed by atoms with E-state index in [4.69, 9.17) is 0 Å². The molecule has 0 aliphatic carbocycles. The number of rotatable bonds is 4. The molecule has 1 aromatic heterocycles. The number of hydrogen-bond donors (Lipinski definition) is 0. The number of nitrogens with zero attached hydrogens (tertiary/aromatic N) is 1. The third kappa shape index (κ3) is 4.36. The largest absolute Gasteiger partial charge is 0.249 e. The van der Waals surface area contributed by atoms with Gasteiger partial charge in [0.15, 0.2) is 5.82 Å². The molecule has 2 aromatic carbocycles. The third-order valence-electron chi connectivity index (χ3n) is 4.19. The van der Waals surface area contributed by atoms with Crippen molar-refractivity contribution in [2.24, 2.45) is 0 Å². The summed E-state index contributed by atoms with van der Waals surface area (Å²) in [7, 11) is 0. The second kappa shape index (κ2) is 8.44. The van der Waals surface area contributed by atoms with E-state index >= 15 is 4.39 Å². The Kier molecular flexibility index (Phi) is 6.22. The Hall–Kier alpha value is -1.85. The van der Waals surface area contributed by atoms with Gasteiger partial charge in [-0.15, -0.1) is 0 Å². The van der Waals surface area contributed by atoms with Crippen LogP contribution in [0.4, 0.5) is 8.78 Å². The lowest BCUT2D eigenvalue weighted by Crippen LogP contribution is -2.05. The summed E-state index contributed by atoms with van der Waals surface area (Å²) < 4.78 is 29.8. The van der Waals surface area contributed by atoms with Crippen molar-refractivity contribution in [3.8, 4) is 22.4 Å². The predicted molar refractivity (Wildman–Crippen MR) is 115 cm³/mol. The van der Waals surface area contributed by atoms with Crippen molar-refractivity contribution in [2.75, 3.05) is 0 Å². The molecule has 27 heavy (non-hydrogen) atoms. The fourth-order valence-electron chi connectivity index (χ4n) is 2.98. The monoisotopic (exact) mass is 491 g/mol. The molecule has 1 heterocycles. The molecule has 1 nitrogen and oxygen atoms in total. The van der Waals surface area contributed by atoms with Crippen LogP contribution in [0.2, 0.25) is 0 Å². The van der Waals surface area contributed by atoms with Gasteiger partial charge in [0.1, 0.15) is 11.5 Å². The van der Waals surface area contributed by atoms with E-state index in [1.165, 1.54) is 12.1 Å². The minimum atomic E-state index is -0.426. The smallest absolute Gasteiger partial charge is 0.157 e. The third-order valence-corrected chi connectivity index (χ3v) is 4.64. The molecule has 0 spiro atoms. The highest BCUT2D eigenvalue weighted by atomic mass is 79.9. The Morgan fingerprint density at radius 1 is 0.926 bits per heavy atom. The van der Waals surface area contributed by atoms with Gasteiger partial charge < -0.3 is 0 Å². The summed E-state index contributed by atoms with van der Waals surface area (Å²) in [5, 5.41) is 0. The van der Waals surface area contributed by atoms with Gasteiger partial charge in [0, 0.05) is 16.7 Å². The molecule has 0 aliphatic heterocycles. The van der Waals surface area contributed by atoms with Crippen LogP contribution in [0.25, 0.3) is 28.5 Å². The zero-order valence-electron chi connectivity index (χ0n) is 14.8. The molecular formula is C22H17Br2F2N. The first-order valence-corrected chi connectivity index (χ1v) is 10.0. The summed E-state index contributed by atoms with van der Waals surface area (Å²) in [6, 6.07) is 15.1. The maximum Gasteiger partial charge on any atom is 0.157 e. The van der Waals surface area contributed by atoms with Crippen molar-refractivity contribution in [1.29, 1.82) is 0 Å². The lowest BCUT2D eigenvalue weighted by atomic mass is 9.92. The Bertz CT molecular complexity index is 977. The van der Waals surface area contributed by atoms with Gasteiger partial charge in [-0.05, 0) is 61.5 Å². The van der Waals surface area contributed by atoms with E-state index in [0.29, 0.717) is 31.3 Å². The van der Waals surface area contributed by atoms with Crippen LogP contribution in [0.3, 0.4) is 0 Å². The van der Waals surface area contributed by atoms with Gasteiger partial charge in [0.2, 0.25) is 0 Å². The average molecular weight is 493 g/mol. The number of pyridine rings is 1. The standard InChI is InChI=1S/C22H17Br2F2N/c1-13(2)21-17(12-18(23)24)19(14-8-10-16(25)11-9-14)20(26)22(27-21)15-6-4-3-5-7-15/h3-13H,1-2H3. The second-order valence-corrected chi connectivity index (χ2v) is 9.18. The summed E-state index contributed by atoms with van der Waals surface area (Å²) >= 11 is 6.74. The molecule has 0 N–H and O–H groups in total. The van der Waals surface area contributed by atoms with Gasteiger partial charge in [-0.3, -0.25) is 0 Å². The van der Waals surface area contributed by atoms with E-state index in [-0.39, 0.29) is 11.7 Å². The predicted octanol–water partition coefficient (Wildman–Crippen LogP) is 7.91. The van der Waals surface area contributed by atoms with Crippen LogP contribution >= 0.6 is 31.9 Å². The normalized spacial score (nSPS) is 10.9. The molecule has 3 rings (SSSR count). The van der Waals surface area contributed by atoms with Gasteiger partial charge in [-0.2, -0.15) is 0 Å². The maximum absolute atomic E-state index is 15.7. The van der Waals surface area contributed by atoms with Crippen molar-refractivity contribution in [3.05, 3.63) is 80.9 Å². The van der Waals surface area contributed by atoms with E-state index < -0.39 is 5.82 Å². The highest BCUT2D eigenvalue weighted by Gasteiger charge is 2.22. The van der Waals surface area contributed by atoms with Crippen molar-refractivity contribution in [1.82, 2.24) is 4.98 Å². The minimum Gasteiger partial charge on any atom is -0.249 e. The molecule has 0 atom stereocenters. The summed E-state index contributed by atoms with van der Waals surface area (Å²) in [6.45, 7) is 4.03. The van der Waals surface area contributed by atoms with Crippen LogP contribution in [0, 0.1) is 11.6 Å². The molecule has 0 saturated carbocycles. The first kappa shape index (κ1) is 19.9. The van der Waals surface area contributed by atoms with Crippen LogP contribution < -0.4 is 0 Å². The lowest BCUT2D eigenvalue weighted by molar-refractivity contribution is 0.622. The summed E-state index contributed by atoms with van der Waals surface area (Å²) in [4.78, 5) is 4.66. The second-order valence-electron chi connectivity index (χ2n) is 6.41. The molecular weight excluding hydrogens is 476 g/mol.